The lowest BCUT2D eigenvalue weighted by molar-refractivity contribution is 0.172. The molecule has 0 rings (SSSR count). The van der Waals surface area contributed by atoms with E-state index in [1.165, 1.54) is 64.2 Å². The van der Waals surface area contributed by atoms with Crippen LogP contribution < -0.4 is 0 Å². The lowest BCUT2D eigenvalue weighted by Crippen LogP contribution is -2.18. The summed E-state index contributed by atoms with van der Waals surface area (Å²) in [5, 5.41) is 9.67. The summed E-state index contributed by atoms with van der Waals surface area (Å²) in [7, 11) is 0. The van der Waals surface area contributed by atoms with Crippen molar-refractivity contribution in [2.75, 3.05) is 0 Å². The van der Waals surface area contributed by atoms with Gasteiger partial charge in [-0.1, -0.05) is 99.4 Å². The second kappa shape index (κ2) is 14.4. The van der Waals surface area contributed by atoms with Gasteiger partial charge in [-0.2, -0.15) is 0 Å². The second-order valence-corrected chi connectivity index (χ2v) is 6.45. The lowest BCUT2D eigenvalue weighted by atomic mass is 10.0. The Morgan fingerprint density at radius 2 is 1.32 bits per heavy atom. The van der Waals surface area contributed by atoms with Crippen molar-refractivity contribution in [1.29, 1.82) is 0 Å². The van der Waals surface area contributed by atoms with Crippen LogP contribution in [-0.2, 0) is 0 Å². The maximum Gasteiger partial charge on any atom is 0.101 e. The van der Waals surface area contributed by atoms with E-state index in [1.54, 1.807) is 0 Å². The Morgan fingerprint density at radius 1 is 0.895 bits per heavy atom. The van der Waals surface area contributed by atoms with Crippen LogP contribution in [0.5, 0.6) is 0 Å². The number of terminal acetylenes is 1. The summed E-state index contributed by atoms with van der Waals surface area (Å²) in [5.74, 6) is 2.52. The number of rotatable bonds is 13. The summed E-state index contributed by atoms with van der Waals surface area (Å²) in [5.41, 5.74) is 0. The van der Waals surface area contributed by atoms with Gasteiger partial charge in [0.05, 0.1) is 6.10 Å². The molecule has 0 saturated heterocycles. The molecule has 0 heterocycles. The molecule has 19 heavy (non-hydrogen) atoms. The highest BCUT2D eigenvalue weighted by molar-refractivity contribution is 9.09. The van der Waals surface area contributed by atoms with E-state index in [2.05, 4.69) is 28.8 Å². The van der Waals surface area contributed by atoms with E-state index in [0.29, 0.717) is 0 Å². The molecule has 2 atom stereocenters. The molecule has 0 aromatic rings. The molecule has 1 nitrogen and oxygen atoms in total. The molecule has 0 amide bonds. The Bertz CT molecular complexity index is 222. The predicted octanol–water partition coefficient (Wildman–Crippen LogP) is 5.45. The number of aliphatic hydroxyl groups excluding tert-OH is 1. The van der Waals surface area contributed by atoms with Crippen molar-refractivity contribution >= 4 is 15.9 Å². The summed E-state index contributed by atoms with van der Waals surface area (Å²) in [6.07, 6.45) is 20.4. The van der Waals surface area contributed by atoms with Crippen LogP contribution in [0, 0.1) is 12.3 Å². The third-order valence-corrected chi connectivity index (χ3v) is 4.48. The number of unbranched alkanes of at least 4 members (excludes halogenated alkanes) is 10. The van der Waals surface area contributed by atoms with E-state index in [-0.39, 0.29) is 10.9 Å². The van der Waals surface area contributed by atoms with Crippen molar-refractivity contribution in [1.82, 2.24) is 0 Å². The van der Waals surface area contributed by atoms with Crippen molar-refractivity contribution in [3.63, 3.8) is 0 Å². The van der Waals surface area contributed by atoms with Gasteiger partial charge in [-0.15, -0.1) is 6.42 Å². The lowest BCUT2D eigenvalue weighted by Gasteiger charge is -2.11. The largest absolute Gasteiger partial charge is 0.391 e. The third kappa shape index (κ3) is 12.8. The molecule has 112 valence electrons. The summed E-state index contributed by atoms with van der Waals surface area (Å²) >= 11 is 3.29. The zero-order valence-electron chi connectivity index (χ0n) is 12.5. The van der Waals surface area contributed by atoms with E-state index < -0.39 is 0 Å². The minimum atomic E-state index is -0.386. The Balaban J connectivity index is 3.13. The van der Waals surface area contributed by atoms with E-state index in [9.17, 15) is 5.11 Å². The second-order valence-electron chi connectivity index (χ2n) is 5.46. The molecule has 0 fully saturated rings. The highest BCUT2D eigenvalue weighted by Crippen LogP contribution is 2.15. The molecule has 0 aliphatic heterocycles. The minimum Gasteiger partial charge on any atom is -0.391 e. The van der Waals surface area contributed by atoms with Crippen molar-refractivity contribution < 1.29 is 5.11 Å². The molecule has 0 unspecified atom stereocenters. The standard InChI is InChI=1S/C17H31BrO/c1-3-5-6-7-8-9-10-11-12-13-14-15-17(19)16(18)4-2/h2,16-17,19H,3,5-15H2,1H3/t16-,17-/m1/s1. The fourth-order valence-electron chi connectivity index (χ4n) is 2.28. The van der Waals surface area contributed by atoms with Gasteiger partial charge in [0.2, 0.25) is 0 Å². The van der Waals surface area contributed by atoms with Crippen LogP contribution in [0.1, 0.15) is 84.0 Å². The SMILES string of the molecule is C#C[C@@H](Br)[C@H](O)CCCCCCCCCCCCC. The third-order valence-electron chi connectivity index (χ3n) is 3.60. The van der Waals surface area contributed by atoms with Gasteiger partial charge in [0.1, 0.15) is 4.83 Å². The number of hydrogen-bond donors (Lipinski definition) is 1. The van der Waals surface area contributed by atoms with Crippen LogP contribution in [0.2, 0.25) is 0 Å². The molecule has 1 N–H and O–H groups in total. The van der Waals surface area contributed by atoms with Crippen LogP contribution in [0.15, 0.2) is 0 Å². The predicted molar refractivity (Wildman–Crippen MR) is 88.6 cm³/mol. The highest BCUT2D eigenvalue weighted by Gasteiger charge is 2.11. The van der Waals surface area contributed by atoms with Gasteiger partial charge < -0.3 is 5.11 Å². The molecule has 0 spiro atoms. The first-order valence-corrected chi connectivity index (χ1v) is 8.92. The van der Waals surface area contributed by atoms with Crippen LogP contribution in [0.4, 0.5) is 0 Å². The van der Waals surface area contributed by atoms with Crippen LogP contribution in [0.25, 0.3) is 0 Å². The van der Waals surface area contributed by atoms with E-state index >= 15 is 0 Å². The van der Waals surface area contributed by atoms with Gasteiger partial charge in [-0.3, -0.25) is 0 Å². The summed E-state index contributed by atoms with van der Waals surface area (Å²) in [6, 6.07) is 0. The quantitative estimate of drug-likeness (QED) is 0.270. The van der Waals surface area contributed by atoms with E-state index in [4.69, 9.17) is 6.42 Å². The molecular weight excluding hydrogens is 300 g/mol. The van der Waals surface area contributed by atoms with Crippen molar-refractivity contribution in [2.45, 2.75) is 94.9 Å². The first kappa shape index (κ1) is 19.0. The fraction of sp³-hybridized carbons (Fsp3) is 0.882. The average molecular weight is 331 g/mol. The average Bonchev–Trinajstić information content (AvgIpc) is 2.43. The van der Waals surface area contributed by atoms with E-state index in [0.717, 1.165) is 12.8 Å². The number of hydrogen-bond acceptors (Lipinski definition) is 1. The summed E-state index contributed by atoms with van der Waals surface area (Å²) in [6.45, 7) is 2.26. The number of aliphatic hydroxyl groups is 1. The Hall–Kier alpha value is -0.0000000000000000208. The monoisotopic (exact) mass is 330 g/mol. The fourth-order valence-corrected chi connectivity index (χ4v) is 2.54. The minimum absolute atomic E-state index is 0.185. The zero-order chi connectivity index (χ0) is 14.3. The molecule has 0 aliphatic carbocycles. The van der Waals surface area contributed by atoms with Crippen molar-refractivity contribution in [3.8, 4) is 12.3 Å². The van der Waals surface area contributed by atoms with Crippen molar-refractivity contribution in [2.24, 2.45) is 0 Å². The Kier molecular flexibility index (Phi) is 14.4. The van der Waals surface area contributed by atoms with Gasteiger partial charge in [-0.25, -0.2) is 0 Å². The van der Waals surface area contributed by atoms with Gasteiger partial charge in [0.15, 0.2) is 0 Å². The maximum atomic E-state index is 9.67. The molecule has 0 bridgehead atoms. The smallest absolute Gasteiger partial charge is 0.101 e. The highest BCUT2D eigenvalue weighted by atomic mass is 79.9. The maximum absolute atomic E-state index is 9.67. The molecule has 0 aromatic heterocycles. The zero-order valence-corrected chi connectivity index (χ0v) is 14.1. The van der Waals surface area contributed by atoms with Gasteiger partial charge in [0, 0.05) is 0 Å². The first-order valence-electron chi connectivity index (χ1n) is 8.00. The summed E-state index contributed by atoms with van der Waals surface area (Å²) in [4.78, 5) is -0.185. The van der Waals surface area contributed by atoms with Gasteiger partial charge in [0.25, 0.3) is 0 Å². The summed E-state index contributed by atoms with van der Waals surface area (Å²) < 4.78 is 0. The molecule has 0 aromatic carbocycles. The Morgan fingerprint density at radius 3 is 1.74 bits per heavy atom. The van der Waals surface area contributed by atoms with Crippen molar-refractivity contribution in [3.05, 3.63) is 0 Å². The molecule has 0 saturated carbocycles. The molecule has 0 radical (unpaired) electrons. The van der Waals surface area contributed by atoms with Crippen LogP contribution in [-0.4, -0.2) is 16.0 Å². The van der Waals surface area contributed by atoms with Crippen LogP contribution in [0.3, 0.4) is 0 Å². The first-order chi connectivity index (χ1) is 9.22. The Labute approximate surface area is 128 Å². The normalized spacial score (nSPS) is 14.0. The van der Waals surface area contributed by atoms with Gasteiger partial charge >= 0.3 is 0 Å². The topological polar surface area (TPSA) is 20.2 Å². The molecule has 2 heteroatoms. The van der Waals surface area contributed by atoms with E-state index in [1.807, 2.05) is 0 Å². The van der Waals surface area contributed by atoms with Crippen LogP contribution >= 0.6 is 15.9 Å². The molecule has 0 aliphatic rings. The number of alkyl halides is 1. The van der Waals surface area contributed by atoms with Gasteiger partial charge in [-0.05, 0) is 6.42 Å². The molecular formula is C17H31BrO. The number of halogens is 1.